The zero-order valence-corrected chi connectivity index (χ0v) is 9.21. The van der Waals surface area contributed by atoms with E-state index < -0.39 is 5.97 Å². The van der Waals surface area contributed by atoms with E-state index in [1.54, 1.807) is 18.2 Å². The number of rotatable bonds is 2. The van der Waals surface area contributed by atoms with E-state index in [2.05, 4.69) is 11.7 Å². The minimum Gasteiger partial charge on any atom is -0.478 e. The average molecular weight is 230 g/mol. The molecule has 0 atom stereocenters. The third-order valence-corrected chi connectivity index (χ3v) is 2.22. The molecule has 17 heavy (non-hydrogen) atoms. The van der Waals surface area contributed by atoms with Crippen LogP contribution < -0.4 is 11.7 Å². The van der Waals surface area contributed by atoms with Gasteiger partial charge in [-0.1, -0.05) is 42.5 Å². The monoisotopic (exact) mass is 230 g/mol. The van der Waals surface area contributed by atoms with Gasteiger partial charge in [0.2, 0.25) is 0 Å². The molecule has 4 heteroatoms. The van der Waals surface area contributed by atoms with Crippen molar-refractivity contribution in [1.29, 1.82) is 0 Å². The van der Waals surface area contributed by atoms with E-state index >= 15 is 0 Å². The topological polar surface area (TPSA) is 89.3 Å². The van der Waals surface area contributed by atoms with Crippen molar-refractivity contribution in [3.63, 3.8) is 0 Å². The van der Waals surface area contributed by atoms with Crippen molar-refractivity contribution in [3.05, 3.63) is 60.2 Å². The van der Waals surface area contributed by atoms with Gasteiger partial charge in [-0.2, -0.15) is 0 Å². The first-order valence-corrected chi connectivity index (χ1v) is 4.99. The highest BCUT2D eigenvalue weighted by Gasteiger charge is 2.03. The summed E-state index contributed by atoms with van der Waals surface area (Å²) in [6.07, 6.45) is 0. The van der Waals surface area contributed by atoms with Crippen LogP contribution in [-0.2, 0) is 0 Å². The Morgan fingerprint density at radius 1 is 0.882 bits per heavy atom. The molecular formula is C13H14N2O2. The average Bonchev–Trinajstić information content (AvgIpc) is 2.42. The zero-order chi connectivity index (χ0) is 12.7. The molecule has 0 aliphatic rings. The number of hydrogen-bond acceptors (Lipinski definition) is 3. The largest absolute Gasteiger partial charge is 0.478 e. The number of carbonyl (C=O) groups is 1. The molecule has 0 saturated carbocycles. The molecule has 0 radical (unpaired) electrons. The van der Waals surface area contributed by atoms with Crippen LogP contribution in [0.15, 0.2) is 54.6 Å². The first-order chi connectivity index (χ1) is 8.27. The van der Waals surface area contributed by atoms with Crippen LogP contribution in [-0.4, -0.2) is 11.1 Å². The molecule has 2 rings (SSSR count). The van der Waals surface area contributed by atoms with E-state index in [4.69, 9.17) is 5.11 Å². The van der Waals surface area contributed by atoms with E-state index in [0.29, 0.717) is 5.56 Å². The number of aromatic carboxylic acids is 1. The van der Waals surface area contributed by atoms with E-state index in [-0.39, 0.29) is 0 Å². The molecule has 4 nitrogen and oxygen atoms in total. The maximum absolute atomic E-state index is 10.8. The quantitative estimate of drug-likeness (QED) is 0.542. The molecular weight excluding hydrogens is 216 g/mol. The molecule has 0 unspecified atom stereocenters. The second kappa shape index (κ2) is 6.42. The molecule has 2 aromatic rings. The van der Waals surface area contributed by atoms with Gasteiger partial charge in [-0.05, 0) is 23.3 Å². The van der Waals surface area contributed by atoms with Crippen molar-refractivity contribution in [3.8, 4) is 11.1 Å². The number of hydrogen-bond donors (Lipinski definition) is 3. The number of nitrogens with two attached hydrogens (primary N) is 2. The summed E-state index contributed by atoms with van der Waals surface area (Å²) < 4.78 is 0. The first-order valence-electron chi connectivity index (χ1n) is 4.99. The summed E-state index contributed by atoms with van der Waals surface area (Å²) in [7, 11) is 0. The Hall–Kier alpha value is -2.17. The lowest BCUT2D eigenvalue weighted by Gasteiger charge is -2.02. The summed E-state index contributed by atoms with van der Waals surface area (Å²) >= 11 is 0. The Labute approximate surface area is 99.5 Å². The summed E-state index contributed by atoms with van der Waals surface area (Å²) in [5, 5.41) is 8.86. The van der Waals surface area contributed by atoms with E-state index in [9.17, 15) is 4.79 Å². The van der Waals surface area contributed by atoms with Crippen molar-refractivity contribution in [2.75, 3.05) is 0 Å². The van der Waals surface area contributed by atoms with Crippen LogP contribution in [0.2, 0.25) is 0 Å². The number of benzene rings is 2. The highest BCUT2D eigenvalue weighted by molar-refractivity contribution is 5.89. The summed E-state index contributed by atoms with van der Waals surface area (Å²) in [4.78, 5) is 10.8. The van der Waals surface area contributed by atoms with Crippen molar-refractivity contribution in [1.82, 2.24) is 0 Å². The standard InChI is InChI=1S/C13H10O2.H4N2/c14-13(15)12-8-4-7-11(9-12)10-5-2-1-3-6-10;1-2/h1-9H,(H,14,15);1-2H2. The van der Waals surface area contributed by atoms with E-state index in [0.717, 1.165) is 11.1 Å². The second-order valence-electron chi connectivity index (χ2n) is 3.25. The van der Waals surface area contributed by atoms with Crippen molar-refractivity contribution in [2.24, 2.45) is 11.7 Å². The van der Waals surface area contributed by atoms with Gasteiger partial charge >= 0.3 is 5.97 Å². The Kier molecular flexibility index (Phi) is 4.87. The predicted molar refractivity (Wildman–Crippen MR) is 67.2 cm³/mol. The lowest BCUT2D eigenvalue weighted by atomic mass is 10.0. The highest BCUT2D eigenvalue weighted by Crippen LogP contribution is 2.19. The lowest BCUT2D eigenvalue weighted by Crippen LogP contribution is -2.02. The van der Waals surface area contributed by atoms with Gasteiger partial charge in [0.25, 0.3) is 0 Å². The van der Waals surface area contributed by atoms with Crippen LogP contribution in [0.1, 0.15) is 10.4 Å². The summed E-state index contributed by atoms with van der Waals surface area (Å²) in [5.41, 5.74) is 2.27. The molecule has 88 valence electrons. The molecule has 0 aliphatic heterocycles. The third kappa shape index (κ3) is 3.41. The lowest BCUT2D eigenvalue weighted by molar-refractivity contribution is 0.0697. The molecule has 5 N–H and O–H groups in total. The van der Waals surface area contributed by atoms with Crippen molar-refractivity contribution in [2.45, 2.75) is 0 Å². The zero-order valence-electron chi connectivity index (χ0n) is 9.21. The first kappa shape index (κ1) is 12.9. The predicted octanol–water partition coefficient (Wildman–Crippen LogP) is 1.87. The minimum atomic E-state index is -0.896. The fraction of sp³-hybridized carbons (Fsp3) is 0. The molecule has 0 heterocycles. The van der Waals surface area contributed by atoms with Crippen LogP contribution in [0, 0.1) is 0 Å². The van der Waals surface area contributed by atoms with Gasteiger partial charge in [-0.25, -0.2) is 4.79 Å². The van der Waals surface area contributed by atoms with Gasteiger partial charge in [0.15, 0.2) is 0 Å². The molecule has 0 aromatic heterocycles. The summed E-state index contributed by atoms with van der Waals surface area (Å²) in [6.45, 7) is 0. The summed E-state index contributed by atoms with van der Waals surface area (Å²) in [6, 6.07) is 16.7. The molecule has 2 aromatic carbocycles. The Morgan fingerprint density at radius 3 is 2.06 bits per heavy atom. The molecule has 0 spiro atoms. The van der Waals surface area contributed by atoms with Crippen LogP contribution in [0.5, 0.6) is 0 Å². The third-order valence-electron chi connectivity index (χ3n) is 2.22. The fourth-order valence-corrected chi connectivity index (χ4v) is 1.46. The maximum atomic E-state index is 10.8. The van der Waals surface area contributed by atoms with Gasteiger partial charge in [-0.15, -0.1) is 0 Å². The van der Waals surface area contributed by atoms with Crippen molar-refractivity contribution < 1.29 is 9.90 Å². The molecule has 0 aliphatic carbocycles. The highest BCUT2D eigenvalue weighted by atomic mass is 16.4. The number of hydrazine groups is 1. The second-order valence-corrected chi connectivity index (χ2v) is 3.25. The number of carboxylic acid groups (broad SMARTS) is 1. The van der Waals surface area contributed by atoms with Crippen LogP contribution in [0.4, 0.5) is 0 Å². The molecule has 0 saturated heterocycles. The van der Waals surface area contributed by atoms with Gasteiger partial charge < -0.3 is 5.11 Å². The van der Waals surface area contributed by atoms with Crippen LogP contribution >= 0.6 is 0 Å². The molecule has 0 bridgehead atoms. The van der Waals surface area contributed by atoms with Gasteiger partial charge in [0, 0.05) is 0 Å². The van der Waals surface area contributed by atoms with Crippen LogP contribution in [0.25, 0.3) is 11.1 Å². The molecule has 0 fully saturated rings. The summed E-state index contributed by atoms with van der Waals surface area (Å²) in [5.74, 6) is 7.10. The van der Waals surface area contributed by atoms with E-state index in [1.165, 1.54) is 0 Å². The molecule has 0 amide bonds. The van der Waals surface area contributed by atoms with Gasteiger partial charge in [-0.3, -0.25) is 11.7 Å². The van der Waals surface area contributed by atoms with Crippen LogP contribution in [0.3, 0.4) is 0 Å². The smallest absolute Gasteiger partial charge is 0.335 e. The van der Waals surface area contributed by atoms with Gasteiger partial charge in [0.05, 0.1) is 5.56 Å². The number of carboxylic acids is 1. The van der Waals surface area contributed by atoms with E-state index in [1.807, 2.05) is 36.4 Å². The van der Waals surface area contributed by atoms with Gasteiger partial charge in [0.1, 0.15) is 0 Å². The fourth-order valence-electron chi connectivity index (χ4n) is 1.46. The minimum absolute atomic E-state index is 0.316. The Balaban J connectivity index is 0.000000686. The van der Waals surface area contributed by atoms with Crippen molar-refractivity contribution >= 4 is 5.97 Å². The normalized spacial score (nSPS) is 9.06. The maximum Gasteiger partial charge on any atom is 0.335 e. The SMILES string of the molecule is NN.O=C(O)c1cccc(-c2ccccc2)c1. The Bertz CT molecular complexity index is 484. The Morgan fingerprint density at radius 2 is 1.47 bits per heavy atom.